The molecule has 0 aliphatic carbocycles. The maximum absolute atomic E-state index is 14.8. The van der Waals surface area contributed by atoms with Crippen molar-refractivity contribution in [3.8, 4) is 22.8 Å². The normalized spacial score (nSPS) is 12.3. The first kappa shape index (κ1) is 27.7. The van der Waals surface area contributed by atoms with Gasteiger partial charge in [0.05, 0.1) is 63.4 Å². The van der Waals surface area contributed by atoms with Gasteiger partial charge >= 0.3 is 5.97 Å². The summed E-state index contributed by atoms with van der Waals surface area (Å²) in [5.41, 5.74) is 3.20. The van der Waals surface area contributed by atoms with Crippen LogP contribution in [-0.4, -0.2) is 48.1 Å². The maximum atomic E-state index is 14.8. The van der Waals surface area contributed by atoms with Crippen LogP contribution in [0.2, 0.25) is 0 Å². The van der Waals surface area contributed by atoms with Crippen molar-refractivity contribution in [3.05, 3.63) is 106 Å². The van der Waals surface area contributed by atoms with E-state index in [1.807, 2.05) is 6.07 Å². The van der Waals surface area contributed by atoms with Crippen LogP contribution in [0.15, 0.2) is 60.8 Å². The van der Waals surface area contributed by atoms with Crippen molar-refractivity contribution in [1.29, 1.82) is 0 Å². The van der Waals surface area contributed by atoms with Crippen molar-refractivity contribution in [2.75, 3.05) is 21.3 Å². The SMILES string of the molecule is COC(=O)Cc1ccc(Cc2cc(-c3c(F)cccc3F)nc3c2C(=O)N(Cc2ccc(OC)cc2OC)C3)nc1. The lowest BCUT2D eigenvalue weighted by molar-refractivity contribution is -0.139. The second kappa shape index (κ2) is 11.7. The monoisotopic (exact) mass is 559 g/mol. The van der Waals surface area contributed by atoms with Crippen molar-refractivity contribution >= 4 is 11.9 Å². The van der Waals surface area contributed by atoms with Gasteiger partial charge in [-0.2, -0.15) is 0 Å². The lowest BCUT2D eigenvalue weighted by Gasteiger charge is -2.18. The third-order valence-electron chi connectivity index (χ3n) is 6.93. The average molecular weight is 560 g/mol. The third-order valence-corrected chi connectivity index (χ3v) is 6.93. The predicted molar refractivity (Wildman–Crippen MR) is 145 cm³/mol. The van der Waals surface area contributed by atoms with Crippen LogP contribution in [0.1, 0.15) is 38.4 Å². The van der Waals surface area contributed by atoms with Crippen LogP contribution in [0.5, 0.6) is 11.5 Å². The first-order chi connectivity index (χ1) is 19.8. The van der Waals surface area contributed by atoms with Gasteiger partial charge in [0.15, 0.2) is 0 Å². The minimum atomic E-state index is -0.752. The molecule has 210 valence electrons. The van der Waals surface area contributed by atoms with Crippen LogP contribution in [0, 0.1) is 11.6 Å². The number of pyridine rings is 2. The highest BCUT2D eigenvalue weighted by molar-refractivity contribution is 5.99. The summed E-state index contributed by atoms with van der Waals surface area (Å²) in [6.45, 7) is 0.372. The van der Waals surface area contributed by atoms with Gasteiger partial charge < -0.3 is 19.1 Å². The Balaban J connectivity index is 1.52. The molecule has 0 spiro atoms. The Bertz CT molecular complexity index is 1610. The number of hydrogen-bond acceptors (Lipinski definition) is 7. The molecular formula is C31H27F2N3O5. The number of ether oxygens (including phenoxy) is 3. The van der Waals surface area contributed by atoms with Crippen molar-refractivity contribution in [3.63, 3.8) is 0 Å². The van der Waals surface area contributed by atoms with E-state index in [1.54, 1.807) is 48.5 Å². The summed E-state index contributed by atoms with van der Waals surface area (Å²) in [6.07, 6.45) is 1.85. The van der Waals surface area contributed by atoms with Gasteiger partial charge in [-0.05, 0) is 47.5 Å². The first-order valence-electron chi connectivity index (χ1n) is 12.8. The van der Waals surface area contributed by atoms with Gasteiger partial charge in [0.25, 0.3) is 5.91 Å². The van der Waals surface area contributed by atoms with Crippen molar-refractivity contribution < 1.29 is 32.6 Å². The van der Waals surface area contributed by atoms with Crippen LogP contribution in [-0.2, 0) is 35.5 Å². The van der Waals surface area contributed by atoms with Gasteiger partial charge in [0.2, 0.25) is 0 Å². The highest BCUT2D eigenvalue weighted by Gasteiger charge is 2.33. The number of nitrogens with zero attached hydrogens (tertiary/aromatic N) is 3. The number of amides is 1. The van der Waals surface area contributed by atoms with E-state index in [1.165, 1.54) is 32.4 Å². The van der Waals surface area contributed by atoms with E-state index in [0.29, 0.717) is 39.6 Å². The molecule has 0 saturated carbocycles. The van der Waals surface area contributed by atoms with E-state index in [9.17, 15) is 18.4 Å². The van der Waals surface area contributed by atoms with Gasteiger partial charge in [-0.25, -0.2) is 13.8 Å². The van der Waals surface area contributed by atoms with Gasteiger partial charge in [-0.1, -0.05) is 12.1 Å². The van der Waals surface area contributed by atoms with Crippen molar-refractivity contribution in [2.45, 2.75) is 25.9 Å². The summed E-state index contributed by atoms with van der Waals surface area (Å²) in [5, 5.41) is 0. The average Bonchev–Trinajstić information content (AvgIpc) is 3.28. The Hall–Kier alpha value is -4.86. The Morgan fingerprint density at radius 3 is 2.39 bits per heavy atom. The molecule has 0 fully saturated rings. The third kappa shape index (κ3) is 5.72. The molecule has 0 N–H and O–H groups in total. The van der Waals surface area contributed by atoms with E-state index in [4.69, 9.17) is 14.2 Å². The predicted octanol–water partition coefficient (Wildman–Crippen LogP) is 4.90. The number of hydrogen-bond donors (Lipinski definition) is 0. The van der Waals surface area contributed by atoms with E-state index in [2.05, 4.69) is 9.97 Å². The molecule has 1 aliphatic heterocycles. The van der Waals surface area contributed by atoms with E-state index >= 15 is 0 Å². The fourth-order valence-electron chi connectivity index (χ4n) is 4.87. The Morgan fingerprint density at radius 2 is 1.73 bits per heavy atom. The van der Waals surface area contributed by atoms with Crippen LogP contribution in [0.3, 0.4) is 0 Å². The molecule has 41 heavy (non-hydrogen) atoms. The zero-order chi connectivity index (χ0) is 29.1. The van der Waals surface area contributed by atoms with Crippen LogP contribution < -0.4 is 9.47 Å². The highest BCUT2D eigenvalue weighted by atomic mass is 19.1. The summed E-state index contributed by atoms with van der Waals surface area (Å²) in [4.78, 5) is 35.9. The molecule has 4 aromatic rings. The van der Waals surface area contributed by atoms with Crippen molar-refractivity contribution in [1.82, 2.24) is 14.9 Å². The molecule has 2 aromatic carbocycles. The molecule has 5 rings (SSSR count). The number of esters is 1. The summed E-state index contributed by atoms with van der Waals surface area (Å²) < 4.78 is 45.0. The lowest BCUT2D eigenvalue weighted by Crippen LogP contribution is -2.24. The van der Waals surface area contributed by atoms with Gasteiger partial charge in [-0.3, -0.25) is 14.6 Å². The Morgan fingerprint density at radius 1 is 0.951 bits per heavy atom. The fourth-order valence-corrected chi connectivity index (χ4v) is 4.87. The summed E-state index contributed by atoms with van der Waals surface area (Å²) in [6, 6.07) is 14.0. The van der Waals surface area contributed by atoms with Crippen LogP contribution >= 0.6 is 0 Å². The van der Waals surface area contributed by atoms with Gasteiger partial charge in [-0.15, -0.1) is 0 Å². The lowest BCUT2D eigenvalue weighted by atomic mass is 9.98. The molecule has 0 saturated heterocycles. The zero-order valence-corrected chi connectivity index (χ0v) is 22.7. The van der Waals surface area contributed by atoms with E-state index in [-0.39, 0.29) is 49.1 Å². The topological polar surface area (TPSA) is 90.9 Å². The summed E-state index contributed by atoms with van der Waals surface area (Å²) in [7, 11) is 4.41. The molecule has 1 aliphatic rings. The number of rotatable bonds is 9. The Labute approximate surface area is 235 Å². The smallest absolute Gasteiger partial charge is 0.310 e. The van der Waals surface area contributed by atoms with E-state index < -0.39 is 11.6 Å². The minimum Gasteiger partial charge on any atom is -0.497 e. The molecule has 0 bridgehead atoms. The zero-order valence-electron chi connectivity index (χ0n) is 22.7. The van der Waals surface area contributed by atoms with Crippen LogP contribution in [0.4, 0.5) is 8.78 Å². The number of benzene rings is 2. The largest absolute Gasteiger partial charge is 0.497 e. The van der Waals surface area contributed by atoms with Gasteiger partial charge in [0, 0.05) is 29.9 Å². The molecule has 2 aromatic heterocycles. The summed E-state index contributed by atoms with van der Waals surface area (Å²) >= 11 is 0. The molecule has 3 heterocycles. The number of carbonyl (C=O) groups is 2. The first-order valence-corrected chi connectivity index (χ1v) is 12.8. The highest BCUT2D eigenvalue weighted by Crippen LogP contribution is 2.34. The molecule has 0 radical (unpaired) electrons. The quantitative estimate of drug-likeness (QED) is 0.270. The maximum Gasteiger partial charge on any atom is 0.310 e. The molecule has 1 amide bonds. The van der Waals surface area contributed by atoms with E-state index in [0.717, 1.165) is 5.56 Å². The Kier molecular flexibility index (Phi) is 7.91. The second-order valence-electron chi connectivity index (χ2n) is 9.51. The number of aromatic nitrogens is 2. The van der Waals surface area contributed by atoms with Crippen LogP contribution in [0.25, 0.3) is 11.3 Å². The van der Waals surface area contributed by atoms with Crippen molar-refractivity contribution in [2.24, 2.45) is 0 Å². The standard InChI is InChI=1S/C31H27F2N3O5/c1-39-22-10-8-19(27(14-22)40-2)16-36-17-26-29(31(36)38)20(12-21-9-7-18(15-34-21)11-28(37)41-3)13-25(35-26)30-23(32)5-4-6-24(30)33/h4-10,13-15H,11-12,16-17H2,1-3H3. The fraction of sp³-hybridized carbons (Fsp3) is 0.226. The molecule has 8 nitrogen and oxygen atoms in total. The van der Waals surface area contributed by atoms with Gasteiger partial charge in [0.1, 0.15) is 23.1 Å². The second-order valence-corrected chi connectivity index (χ2v) is 9.51. The number of carbonyl (C=O) groups excluding carboxylic acids is 2. The summed E-state index contributed by atoms with van der Waals surface area (Å²) in [5.74, 6) is -0.972. The number of methoxy groups -OCH3 is 3. The molecule has 10 heteroatoms. The minimum absolute atomic E-state index is 0.0768. The molecule has 0 unspecified atom stereocenters. The molecule has 0 atom stereocenters. The number of fused-ring (bicyclic) bond motifs is 1. The molecular weight excluding hydrogens is 532 g/mol. The number of halogens is 2.